The van der Waals surface area contributed by atoms with E-state index in [4.69, 9.17) is 16.3 Å². The lowest BCUT2D eigenvalue weighted by Gasteiger charge is -2.11. The fourth-order valence-corrected chi connectivity index (χ4v) is 3.58. The number of hydrogen-bond acceptors (Lipinski definition) is 5. The molecule has 180 valence electrons. The minimum absolute atomic E-state index is 0.195. The zero-order valence-corrected chi connectivity index (χ0v) is 18.5. The summed E-state index contributed by atoms with van der Waals surface area (Å²) in [6.45, 7) is 0. The predicted octanol–water partition coefficient (Wildman–Crippen LogP) is 5.04. The van der Waals surface area contributed by atoms with Crippen LogP contribution in [0, 0.1) is 0 Å². The Hall–Kier alpha value is -4.05. The number of nitrogens with one attached hydrogen (secondary N) is 2. The van der Waals surface area contributed by atoms with Crippen LogP contribution in [0.1, 0.15) is 11.1 Å². The van der Waals surface area contributed by atoms with Gasteiger partial charge in [-0.2, -0.15) is 13.2 Å². The van der Waals surface area contributed by atoms with E-state index in [-0.39, 0.29) is 33.7 Å². The number of pyridine rings is 1. The average Bonchev–Trinajstić information content (AvgIpc) is 3.09. The van der Waals surface area contributed by atoms with Gasteiger partial charge in [0, 0.05) is 11.9 Å². The molecule has 0 saturated heterocycles. The Morgan fingerprint density at radius 3 is 2.46 bits per heavy atom. The molecule has 3 aromatic rings. The zero-order valence-electron chi connectivity index (χ0n) is 17.8. The smallest absolute Gasteiger partial charge is 0.417 e. The topological polar surface area (TPSA) is 101 Å². The first-order valence-electron chi connectivity index (χ1n) is 10.2. The molecule has 1 aromatic heterocycles. The van der Waals surface area contributed by atoms with Gasteiger partial charge in [0.2, 0.25) is 5.88 Å². The number of halogens is 4. The van der Waals surface area contributed by atoms with Gasteiger partial charge in [-0.15, -0.1) is 0 Å². The van der Waals surface area contributed by atoms with Crippen LogP contribution in [0.15, 0.2) is 78.2 Å². The molecule has 11 heteroatoms. The molecule has 0 bridgehead atoms. The van der Waals surface area contributed by atoms with Crippen LogP contribution in [0.4, 0.5) is 18.9 Å². The Balaban J connectivity index is 1.42. The quantitative estimate of drug-likeness (QED) is 0.409. The van der Waals surface area contributed by atoms with Gasteiger partial charge in [-0.25, -0.2) is 4.98 Å². The monoisotopic (exact) mass is 503 g/mol. The van der Waals surface area contributed by atoms with E-state index < -0.39 is 29.6 Å². The fourth-order valence-electron chi connectivity index (χ4n) is 3.37. The van der Waals surface area contributed by atoms with Gasteiger partial charge in [0.05, 0.1) is 11.6 Å². The summed E-state index contributed by atoms with van der Waals surface area (Å²) in [6.07, 6.45) is -3.66. The average molecular weight is 504 g/mol. The number of aliphatic hydroxyl groups excluding tert-OH is 1. The number of carbonyl (C=O) groups is 2. The minimum Gasteiger partial charge on any atom is -0.509 e. The minimum atomic E-state index is -4.59. The van der Waals surface area contributed by atoms with E-state index >= 15 is 0 Å². The molecule has 1 aliphatic rings. The van der Waals surface area contributed by atoms with Gasteiger partial charge in [-0.05, 0) is 42.3 Å². The van der Waals surface area contributed by atoms with Gasteiger partial charge in [0.1, 0.15) is 22.1 Å². The second-order valence-corrected chi connectivity index (χ2v) is 7.97. The van der Waals surface area contributed by atoms with Crippen LogP contribution >= 0.6 is 11.6 Å². The number of anilines is 1. The van der Waals surface area contributed by atoms with Crippen LogP contribution in [0.2, 0.25) is 5.02 Å². The van der Waals surface area contributed by atoms with Crippen molar-refractivity contribution in [2.75, 3.05) is 5.32 Å². The summed E-state index contributed by atoms with van der Waals surface area (Å²) in [4.78, 5) is 28.5. The standard InChI is InChI=1S/C24H17ClF3N3O4/c25-17-11-14(24(26,27)28)12-29-23(17)35-16-8-6-15(7-9-16)30-21(33)19-20(32)18(31-22(19)34)10-13-4-2-1-3-5-13/h1-9,11-12,18,32H,10H2,(H,30,33)(H,31,34). The number of ether oxygens (including phenoxy) is 1. The van der Waals surface area contributed by atoms with Crippen molar-refractivity contribution in [2.24, 2.45) is 0 Å². The van der Waals surface area contributed by atoms with Gasteiger partial charge in [-0.1, -0.05) is 41.9 Å². The Bertz CT molecular complexity index is 1300. The van der Waals surface area contributed by atoms with Gasteiger partial charge in [-0.3, -0.25) is 9.59 Å². The third kappa shape index (κ3) is 5.55. The van der Waals surface area contributed by atoms with E-state index in [1.165, 1.54) is 24.3 Å². The van der Waals surface area contributed by atoms with Crippen LogP contribution < -0.4 is 15.4 Å². The first-order chi connectivity index (χ1) is 16.6. The van der Waals surface area contributed by atoms with E-state index in [0.717, 1.165) is 5.56 Å². The third-order valence-electron chi connectivity index (χ3n) is 5.09. The lowest BCUT2D eigenvalue weighted by molar-refractivity contribution is -0.137. The van der Waals surface area contributed by atoms with Crippen LogP contribution in [-0.4, -0.2) is 27.9 Å². The van der Waals surface area contributed by atoms with E-state index in [1.54, 1.807) is 0 Å². The molecule has 2 heterocycles. The van der Waals surface area contributed by atoms with Crippen LogP contribution in [0.25, 0.3) is 0 Å². The number of aromatic nitrogens is 1. The molecule has 0 spiro atoms. The fraction of sp³-hybridized carbons (Fsp3) is 0.125. The lowest BCUT2D eigenvalue weighted by atomic mass is 10.0. The van der Waals surface area contributed by atoms with E-state index in [9.17, 15) is 27.9 Å². The summed E-state index contributed by atoms with van der Waals surface area (Å²) in [5.41, 5.74) is -0.225. The molecule has 2 aromatic carbocycles. The summed E-state index contributed by atoms with van der Waals surface area (Å²) in [5, 5.41) is 15.2. The van der Waals surface area contributed by atoms with Crippen LogP contribution in [-0.2, 0) is 22.2 Å². The third-order valence-corrected chi connectivity index (χ3v) is 5.36. The van der Waals surface area contributed by atoms with Crippen molar-refractivity contribution in [3.8, 4) is 11.6 Å². The maximum Gasteiger partial charge on any atom is 0.417 e. The molecular weight excluding hydrogens is 487 g/mol. The van der Waals surface area contributed by atoms with Crippen LogP contribution in [0.3, 0.4) is 0 Å². The van der Waals surface area contributed by atoms with Crippen molar-refractivity contribution >= 4 is 29.1 Å². The first-order valence-corrected chi connectivity index (χ1v) is 10.6. The summed E-state index contributed by atoms with van der Waals surface area (Å²) in [6, 6.07) is 14.9. The number of hydrogen-bond donors (Lipinski definition) is 3. The summed E-state index contributed by atoms with van der Waals surface area (Å²) < 4.78 is 43.6. The molecule has 4 rings (SSSR count). The molecular formula is C24H17ClF3N3O4. The van der Waals surface area contributed by atoms with Gasteiger partial charge in [0.25, 0.3) is 11.8 Å². The Kier molecular flexibility index (Phi) is 6.65. The summed E-state index contributed by atoms with van der Waals surface area (Å²) in [5.74, 6) is -1.86. The van der Waals surface area contributed by atoms with Crippen LogP contribution in [0.5, 0.6) is 11.6 Å². The second kappa shape index (κ2) is 9.67. The highest BCUT2D eigenvalue weighted by Gasteiger charge is 2.36. The summed E-state index contributed by atoms with van der Waals surface area (Å²) in [7, 11) is 0. The predicted molar refractivity (Wildman–Crippen MR) is 121 cm³/mol. The van der Waals surface area contributed by atoms with E-state index in [1.807, 2.05) is 30.3 Å². The number of nitrogens with zero attached hydrogens (tertiary/aromatic N) is 1. The highest BCUT2D eigenvalue weighted by molar-refractivity contribution is 6.31. The van der Waals surface area contributed by atoms with Gasteiger partial charge >= 0.3 is 6.18 Å². The molecule has 0 aliphatic carbocycles. The highest BCUT2D eigenvalue weighted by Crippen LogP contribution is 2.34. The molecule has 7 nitrogen and oxygen atoms in total. The Labute approximate surface area is 202 Å². The SMILES string of the molecule is O=C(Nc1ccc(Oc2ncc(C(F)(F)F)cc2Cl)cc1)C1=C(O)C(Cc2ccccc2)NC1=O. The van der Waals surface area contributed by atoms with E-state index in [0.29, 0.717) is 18.7 Å². The maximum absolute atomic E-state index is 12.7. The van der Waals surface area contributed by atoms with Gasteiger partial charge < -0.3 is 20.5 Å². The largest absolute Gasteiger partial charge is 0.509 e. The number of benzene rings is 2. The molecule has 0 saturated carbocycles. The number of amides is 2. The number of aliphatic hydroxyl groups is 1. The normalized spacial score (nSPS) is 15.7. The number of alkyl halides is 3. The van der Waals surface area contributed by atoms with Crippen molar-refractivity contribution < 1.29 is 32.6 Å². The van der Waals surface area contributed by atoms with Crippen molar-refractivity contribution in [1.82, 2.24) is 10.3 Å². The second-order valence-electron chi connectivity index (χ2n) is 7.57. The Morgan fingerprint density at radius 1 is 1.14 bits per heavy atom. The lowest BCUT2D eigenvalue weighted by Crippen LogP contribution is -2.31. The van der Waals surface area contributed by atoms with E-state index in [2.05, 4.69) is 15.6 Å². The molecule has 35 heavy (non-hydrogen) atoms. The van der Waals surface area contributed by atoms with Crippen molar-refractivity contribution in [2.45, 2.75) is 18.6 Å². The number of carbonyl (C=O) groups excluding carboxylic acids is 2. The van der Waals surface area contributed by atoms with Gasteiger partial charge in [0.15, 0.2) is 0 Å². The molecule has 3 N–H and O–H groups in total. The van der Waals surface area contributed by atoms with Crippen molar-refractivity contribution in [3.05, 3.63) is 94.3 Å². The zero-order chi connectivity index (χ0) is 25.2. The van der Waals surface area contributed by atoms with Crippen molar-refractivity contribution in [3.63, 3.8) is 0 Å². The highest BCUT2D eigenvalue weighted by atomic mass is 35.5. The Morgan fingerprint density at radius 2 is 1.83 bits per heavy atom. The maximum atomic E-state index is 12.7. The molecule has 0 fully saturated rings. The molecule has 1 atom stereocenters. The molecule has 2 amide bonds. The summed E-state index contributed by atoms with van der Waals surface area (Å²) >= 11 is 5.84. The molecule has 0 radical (unpaired) electrons. The number of rotatable bonds is 6. The molecule has 1 aliphatic heterocycles. The van der Waals surface area contributed by atoms with Crippen molar-refractivity contribution in [1.29, 1.82) is 0 Å². The first kappa shape index (κ1) is 24.1. The molecule has 1 unspecified atom stereocenters.